The number of benzene rings is 1. The Morgan fingerprint density at radius 1 is 1.23 bits per heavy atom. The van der Waals surface area contributed by atoms with Crippen LogP contribution in [0.15, 0.2) is 36.4 Å². The molecule has 1 aromatic rings. The standard InChI is InChI=1S/C21H28O10/c1-11-7-13(3-5-14(11)24)4-6-17(25)30-16(12(2)8-22)10-29-21-20(28)19(27)18(26)15(9-23)31-21/h3-7,15-16,18-24,26-28H,2,8-10H2,1H3/b6-4+/t15?,16?,18-,19-,20?,21-/m1/s1. The number of phenols is 1. The van der Waals surface area contributed by atoms with Gasteiger partial charge in [0.1, 0.15) is 36.3 Å². The molecule has 0 radical (unpaired) electrons. The Morgan fingerprint density at radius 2 is 1.94 bits per heavy atom. The van der Waals surface area contributed by atoms with Crippen molar-refractivity contribution in [3.05, 3.63) is 47.6 Å². The number of rotatable bonds is 9. The highest BCUT2D eigenvalue weighted by Crippen LogP contribution is 2.23. The van der Waals surface area contributed by atoms with Crippen LogP contribution in [0.4, 0.5) is 0 Å². The van der Waals surface area contributed by atoms with E-state index in [0.717, 1.165) is 6.08 Å². The Hall–Kier alpha value is -2.31. The summed E-state index contributed by atoms with van der Waals surface area (Å²) in [6.07, 6.45) is -5.81. The number of aryl methyl sites for hydroxylation is 1. The molecule has 0 aliphatic carbocycles. The van der Waals surface area contributed by atoms with E-state index in [2.05, 4.69) is 6.58 Å². The molecule has 10 nitrogen and oxygen atoms in total. The summed E-state index contributed by atoms with van der Waals surface area (Å²) >= 11 is 0. The summed E-state index contributed by atoms with van der Waals surface area (Å²) in [5.74, 6) is -0.632. The molecular formula is C21H28O10. The monoisotopic (exact) mass is 440 g/mol. The molecule has 0 spiro atoms. The van der Waals surface area contributed by atoms with Gasteiger partial charge in [0.25, 0.3) is 0 Å². The molecule has 1 fully saturated rings. The van der Waals surface area contributed by atoms with Crippen LogP contribution in [0.2, 0.25) is 0 Å². The van der Waals surface area contributed by atoms with E-state index in [0.29, 0.717) is 11.1 Å². The maximum Gasteiger partial charge on any atom is 0.331 e. The minimum atomic E-state index is -1.62. The van der Waals surface area contributed by atoms with Crippen LogP contribution in [-0.2, 0) is 19.0 Å². The minimum absolute atomic E-state index is 0.117. The van der Waals surface area contributed by atoms with E-state index in [4.69, 9.17) is 14.2 Å². The molecule has 3 unspecified atom stereocenters. The van der Waals surface area contributed by atoms with E-state index in [1.54, 1.807) is 19.1 Å². The number of phenolic OH excluding ortho intramolecular Hbond substituents is 1. The number of hydrogen-bond donors (Lipinski definition) is 6. The van der Waals surface area contributed by atoms with Crippen LogP contribution in [0.1, 0.15) is 11.1 Å². The number of hydrogen-bond acceptors (Lipinski definition) is 10. The summed E-state index contributed by atoms with van der Waals surface area (Å²) in [5.41, 5.74) is 1.41. The fourth-order valence-electron chi connectivity index (χ4n) is 2.85. The lowest BCUT2D eigenvalue weighted by molar-refractivity contribution is -0.304. The zero-order valence-corrected chi connectivity index (χ0v) is 17.0. The zero-order chi connectivity index (χ0) is 23.1. The predicted molar refractivity (Wildman–Crippen MR) is 108 cm³/mol. The Morgan fingerprint density at radius 3 is 2.55 bits per heavy atom. The molecule has 1 aromatic carbocycles. The highest BCUT2D eigenvalue weighted by Gasteiger charge is 2.44. The highest BCUT2D eigenvalue weighted by atomic mass is 16.7. The van der Waals surface area contributed by atoms with Gasteiger partial charge in [-0.3, -0.25) is 0 Å². The van der Waals surface area contributed by atoms with Crippen molar-refractivity contribution in [2.75, 3.05) is 19.8 Å². The second-order valence-electron chi connectivity index (χ2n) is 7.15. The van der Waals surface area contributed by atoms with Gasteiger partial charge in [0, 0.05) is 6.08 Å². The van der Waals surface area contributed by atoms with Crippen molar-refractivity contribution in [3.8, 4) is 5.75 Å². The van der Waals surface area contributed by atoms with Crippen molar-refractivity contribution < 1.29 is 49.6 Å². The average molecular weight is 440 g/mol. The normalized spacial score (nSPS) is 27.2. The van der Waals surface area contributed by atoms with Crippen LogP contribution >= 0.6 is 0 Å². The third-order valence-corrected chi connectivity index (χ3v) is 4.81. The molecule has 1 aliphatic rings. The van der Waals surface area contributed by atoms with Crippen LogP contribution < -0.4 is 0 Å². The first-order valence-electron chi connectivity index (χ1n) is 9.56. The second-order valence-corrected chi connectivity index (χ2v) is 7.15. The Bertz CT molecular complexity index is 790. The fraction of sp³-hybridized carbons (Fsp3) is 0.476. The molecule has 0 saturated carbocycles. The number of ether oxygens (including phenoxy) is 3. The van der Waals surface area contributed by atoms with Gasteiger partial charge in [0.15, 0.2) is 6.29 Å². The largest absolute Gasteiger partial charge is 0.508 e. The number of esters is 1. The summed E-state index contributed by atoms with van der Waals surface area (Å²) in [6, 6.07) is 4.77. The van der Waals surface area contributed by atoms with E-state index in [1.165, 1.54) is 12.1 Å². The minimum Gasteiger partial charge on any atom is -0.508 e. The Labute approximate surface area is 179 Å². The quantitative estimate of drug-likeness (QED) is 0.159. The second kappa shape index (κ2) is 11.3. The van der Waals surface area contributed by atoms with Gasteiger partial charge in [-0.2, -0.15) is 0 Å². The molecule has 2 rings (SSSR count). The molecule has 0 amide bonds. The molecular weight excluding hydrogens is 412 g/mol. The van der Waals surface area contributed by atoms with E-state index in [9.17, 15) is 35.4 Å². The number of carbonyl (C=O) groups excluding carboxylic acids is 1. The number of aliphatic hydroxyl groups is 5. The van der Waals surface area contributed by atoms with Crippen LogP contribution in [0.5, 0.6) is 5.75 Å². The Balaban J connectivity index is 2.00. The number of aliphatic hydroxyl groups excluding tert-OH is 5. The van der Waals surface area contributed by atoms with Gasteiger partial charge in [-0.1, -0.05) is 12.6 Å². The first kappa shape index (κ1) is 25.0. The van der Waals surface area contributed by atoms with Crippen molar-refractivity contribution >= 4 is 12.0 Å². The lowest BCUT2D eigenvalue weighted by atomic mass is 9.99. The molecule has 6 N–H and O–H groups in total. The van der Waals surface area contributed by atoms with Crippen LogP contribution in [0.25, 0.3) is 6.08 Å². The summed E-state index contributed by atoms with van der Waals surface area (Å²) in [6.45, 7) is 3.83. The lowest BCUT2D eigenvalue weighted by Gasteiger charge is -2.39. The van der Waals surface area contributed by atoms with Crippen LogP contribution in [0, 0.1) is 6.92 Å². The van der Waals surface area contributed by atoms with Gasteiger partial charge in [-0.05, 0) is 41.8 Å². The van der Waals surface area contributed by atoms with E-state index < -0.39 is 56.0 Å². The van der Waals surface area contributed by atoms with Gasteiger partial charge in [-0.25, -0.2) is 4.79 Å². The fourth-order valence-corrected chi connectivity index (χ4v) is 2.85. The van der Waals surface area contributed by atoms with Crippen LogP contribution in [-0.4, -0.2) is 93.2 Å². The molecule has 1 heterocycles. The maximum atomic E-state index is 12.2. The summed E-state index contributed by atoms with van der Waals surface area (Å²) in [7, 11) is 0. The first-order chi connectivity index (χ1) is 14.7. The topological polar surface area (TPSA) is 166 Å². The van der Waals surface area contributed by atoms with Crippen molar-refractivity contribution in [3.63, 3.8) is 0 Å². The van der Waals surface area contributed by atoms with Crippen molar-refractivity contribution in [1.29, 1.82) is 0 Å². The molecule has 6 atom stereocenters. The van der Waals surface area contributed by atoms with Gasteiger partial charge in [0.05, 0.1) is 19.8 Å². The van der Waals surface area contributed by atoms with E-state index >= 15 is 0 Å². The lowest BCUT2D eigenvalue weighted by Crippen LogP contribution is -2.59. The van der Waals surface area contributed by atoms with Gasteiger partial charge in [0.2, 0.25) is 0 Å². The zero-order valence-electron chi connectivity index (χ0n) is 17.0. The molecule has 0 bridgehead atoms. The Kier molecular flexibility index (Phi) is 9.14. The highest BCUT2D eigenvalue weighted by molar-refractivity contribution is 5.87. The summed E-state index contributed by atoms with van der Waals surface area (Å²) in [5, 5.41) is 57.7. The van der Waals surface area contributed by atoms with Gasteiger partial charge < -0.3 is 44.8 Å². The number of aromatic hydroxyl groups is 1. The maximum absolute atomic E-state index is 12.2. The van der Waals surface area contributed by atoms with Crippen molar-refractivity contribution in [2.24, 2.45) is 0 Å². The van der Waals surface area contributed by atoms with Crippen molar-refractivity contribution in [2.45, 2.75) is 43.7 Å². The average Bonchev–Trinajstić information content (AvgIpc) is 2.76. The summed E-state index contributed by atoms with van der Waals surface area (Å²) < 4.78 is 15.8. The van der Waals surface area contributed by atoms with Crippen LogP contribution in [0.3, 0.4) is 0 Å². The third kappa shape index (κ3) is 6.58. The molecule has 0 aromatic heterocycles. The molecule has 172 valence electrons. The van der Waals surface area contributed by atoms with E-state index in [1.807, 2.05) is 0 Å². The predicted octanol–water partition coefficient (Wildman–Crippen LogP) is -1.01. The number of carbonyl (C=O) groups is 1. The van der Waals surface area contributed by atoms with Gasteiger partial charge in [-0.15, -0.1) is 0 Å². The van der Waals surface area contributed by atoms with E-state index in [-0.39, 0.29) is 17.9 Å². The molecule has 10 heteroatoms. The van der Waals surface area contributed by atoms with Crippen molar-refractivity contribution in [1.82, 2.24) is 0 Å². The smallest absolute Gasteiger partial charge is 0.331 e. The third-order valence-electron chi connectivity index (χ3n) is 4.81. The molecule has 31 heavy (non-hydrogen) atoms. The summed E-state index contributed by atoms with van der Waals surface area (Å²) in [4.78, 5) is 12.2. The SMILES string of the molecule is C=C(CO)C(CO[C@@H]1OC(CO)[C@@H](O)[C@@H](O)C1O)OC(=O)/C=C/c1ccc(O)c(C)c1. The van der Waals surface area contributed by atoms with Gasteiger partial charge >= 0.3 is 5.97 Å². The molecule has 1 aliphatic heterocycles. The molecule has 1 saturated heterocycles. The first-order valence-corrected chi connectivity index (χ1v) is 9.56.